The van der Waals surface area contributed by atoms with E-state index in [4.69, 9.17) is 9.47 Å². The number of carbonyl (C=O) groups is 1. The van der Waals surface area contributed by atoms with Crippen LogP contribution in [0.2, 0.25) is 0 Å². The summed E-state index contributed by atoms with van der Waals surface area (Å²) in [5, 5.41) is 3.28. The maximum Gasteiger partial charge on any atom is 0.224 e. The number of hydrogen-bond donors (Lipinski definition) is 1. The number of anilines is 2. The van der Waals surface area contributed by atoms with E-state index in [-0.39, 0.29) is 5.91 Å². The first-order chi connectivity index (χ1) is 13.2. The van der Waals surface area contributed by atoms with Crippen LogP contribution >= 0.6 is 0 Å². The number of methoxy groups -OCH3 is 2. The molecule has 1 saturated heterocycles. The quantitative estimate of drug-likeness (QED) is 0.813. The fourth-order valence-electron chi connectivity index (χ4n) is 3.27. The Morgan fingerprint density at radius 1 is 1.00 bits per heavy atom. The molecule has 0 bridgehead atoms. The van der Waals surface area contributed by atoms with Gasteiger partial charge in [-0.2, -0.15) is 0 Å². The molecule has 2 aromatic rings. The molecule has 0 unspecified atom stereocenters. The molecule has 1 amide bonds. The highest BCUT2D eigenvalue weighted by Crippen LogP contribution is 2.28. The second kappa shape index (κ2) is 9.16. The molecule has 0 spiro atoms. The molecule has 1 fully saturated rings. The van der Waals surface area contributed by atoms with Gasteiger partial charge in [-0.1, -0.05) is 18.2 Å². The molecule has 1 aliphatic heterocycles. The second-order valence-electron chi connectivity index (χ2n) is 6.45. The van der Waals surface area contributed by atoms with E-state index in [1.807, 2.05) is 41.3 Å². The van der Waals surface area contributed by atoms with Crippen molar-refractivity contribution in [2.75, 3.05) is 57.2 Å². The number of nitrogens with zero attached hydrogens (tertiary/aromatic N) is 2. The summed E-state index contributed by atoms with van der Waals surface area (Å²) in [4.78, 5) is 16.8. The number of rotatable bonds is 7. The minimum atomic E-state index is 0.178. The molecule has 144 valence electrons. The van der Waals surface area contributed by atoms with Gasteiger partial charge in [-0.05, 0) is 24.3 Å². The van der Waals surface area contributed by atoms with Crippen LogP contribution in [0.1, 0.15) is 6.42 Å². The van der Waals surface area contributed by atoms with E-state index in [1.165, 1.54) is 5.69 Å². The fraction of sp³-hybridized carbons (Fsp3) is 0.381. The number of amides is 1. The molecule has 0 atom stereocenters. The van der Waals surface area contributed by atoms with Crippen LogP contribution in [-0.4, -0.2) is 57.8 Å². The second-order valence-corrected chi connectivity index (χ2v) is 6.45. The van der Waals surface area contributed by atoms with Crippen molar-refractivity contribution in [2.45, 2.75) is 6.42 Å². The van der Waals surface area contributed by atoms with Gasteiger partial charge in [0.05, 0.1) is 19.9 Å². The van der Waals surface area contributed by atoms with E-state index in [2.05, 4.69) is 22.3 Å². The topological polar surface area (TPSA) is 54.0 Å². The molecule has 6 nitrogen and oxygen atoms in total. The van der Waals surface area contributed by atoms with Crippen LogP contribution in [0.3, 0.4) is 0 Å². The van der Waals surface area contributed by atoms with E-state index in [0.29, 0.717) is 13.0 Å². The van der Waals surface area contributed by atoms with Gasteiger partial charge in [0.2, 0.25) is 5.91 Å². The standard InChI is InChI=1S/C21H27N3O3/c1-26-18-8-9-20(27-2)19(16-18)22-11-10-21(25)24-14-12-23(13-15-24)17-6-4-3-5-7-17/h3-9,16,22H,10-15H2,1-2H3. The summed E-state index contributed by atoms with van der Waals surface area (Å²) in [6, 6.07) is 15.9. The van der Waals surface area contributed by atoms with Gasteiger partial charge in [-0.25, -0.2) is 0 Å². The first kappa shape index (κ1) is 18.9. The van der Waals surface area contributed by atoms with Crippen LogP contribution in [-0.2, 0) is 4.79 Å². The van der Waals surface area contributed by atoms with Crippen molar-refractivity contribution in [3.05, 3.63) is 48.5 Å². The lowest BCUT2D eigenvalue weighted by Gasteiger charge is -2.36. The van der Waals surface area contributed by atoms with Gasteiger partial charge >= 0.3 is 0 Å². The highest BCUT2D eigenvalue weighted by atomic mass is 16.5. The Hall–Kier alpha value is -2.89. The third-order valence-electron chi connectivity index (χ3n) is 4.81. The number of carbonyl (C=O) groups excluding carboxylic acids is 1. The Morgan fingerprint density at radius 2 is 1.74 bits per heavy atom. The summed E-state index contributed by atoms with van der Waals surface area (Å²) in [6.45, 7) is 3.81. The highest BCUT2D eigenvalue weighted by molar-refractivity contribution is 5.77. The molecule has 0 aromatic heterocycles. The molecule has 1 N–H and O–H groups in total. The molecule has 6 heteroatoms. The Bertz CT molecular complexity index is 744. The third kappa shape index (κ3) is 4.84. The van der Waals surface area contributed by atoms with Gasteiger partial charge in [-0.3, -0.25) is 4.79 Å². The van der Waals surface area contributed by atoms with Crippen molar-refractivity contribution < 1.29 is 14.3 Å². The number of benzene rings is 2. The summed E-state index contributed by atoms with van der Waals surface area (Å²) in [6.07, 6.45) is 0.450. The number of ether oxygens (including phenoxy) is 2. The van der Waals surface area contributed by atoms with Crippen LogP contribution in [0.4, 0.5) is 11.4 Å². The van der Waals surface area contributed by atoms with E-state index < -0.39 is 0 Å². The largest absolute Gasteiger partial charge is 0.497 e. The molecule has 1 aliphatic rings. The molecule has 0 aliphatic carbocycles. The molecule has 0 radical (unpaired) electrons. The van der Waals surface area contributed by atoms with Crippen LogP contribution in [0.25, 0.3) is 0 Å². The molecule has 2 aromatic carbocycles. The van der Waals surface area contributed by atoms with Gasteiger partial charge in [0.1, 0.15) is 11.5 Å². The van der Waals surface area contributed by atoms with Gasteiger partial charge in [0, 0.05) is 50.9 Å². The van der Waals surface area contributed by atoms with Crippen molar-refractivity contribution >= 4 is 17.3 Å². The summed E-state index contributed by atoms with van der Waals surface area (Å²) in [7, 11) is 3.26. The van der Waals surface area contributed by atoms with E-state index >= 15 is 0 Å². The van der Waals surface area contributed by atoms with Gasteiger partial charge in [0.15, 0.2) is 0 Å². The van der Waals surface area contributed by atoms with Crippen LogP contribution in [0.15, 0.2) is 48.5 Å². The van der Waals surface area contributed by atoms with Crippen molar-refractivity contribution in [2.24, 2.45) is 0 Å². The Labute approximate surface area is 160 Å². The predicted octanol–water partition coefficient (Wildman–Crippen LogP) is 2.85. The van der Waals surface area contributed by atoms with E-state index in [0.717, 1.165) is 43.4 Å². The lowest BCUT2D eigenvalue weighted by molar-refractivity contribution is -0.131. The smallest absolute Gasteiger partial charge is 0.224 e. The predicted molar refractivity (Wildman–Crippen MR) is 108 cm³/mol. The number of nitrogens with one attached hydrogen (secondary N) is 1. The van der Waals surface area contributed by atoms with Crippen molar-refractivity contribution in [1.29, 1.82) is 0 Å². The monoisotopic (exact) mass is 369 g/mol. The maximum atomic E-state index is 12.5. The Kier molecular flexibility index (Phi) is 6.41. The average Bonchev–Trinajstić information content (AvgIpc) is 2.74. The summed E-state index contributed by atoms with van der Waals surface area (Å²) in [5.41, 5.74) is 2.05. The minimum absolute atomic E-state index is 0.178. The Balaban J connectivity index is 1.47. The molecule has 0 saturated carbocycles. The van der Waals surface area contributed by atoms with Crippen molar-refractivity contribution in [1.82, 2.24) is 4.90 Å². The lowest BCUT2D eigenvalue weighted by Crippen LogP contribution is -2.49. The van der Waals surface area contributed by atoms with E-state index in [9.17, 15) is 4.79 Å². The zero-order valence-corrected chi connectivity index (χ0v) is 16.0. The van der Waals surface area contributed by atoms with E-state index in [1.54, 1.807) is 14.2 Å². The summed E-state index contributed by atoms with van der Waals surface area (Å²) < 4.78 is 10.6. The normalized spacial score (nSPS) is 14.0. The number of hydrogen-bond acceptors (Lipinski definition) is 5. The molecular formula is C21H27N3O3. The fourth-order valence-corrected chi connectivity index (χ4v) is 3.27. The van der Waals surface area contributed by atoms with Crippen LogP contribution in [0.5, 0.6) is 11.5 Å². The van der Waals surface area contributed by atoms with Gasteiger partial charge < -0.3 is 24.6 Å². The third-order valence-corrected chi connectivity index (χ3v) is 4.81. The molecule has 3 rings (SSSR count). The van der Waals surface area contributed by atoms with Crippen LogP contribution in [0, 0.1) is 0 Å². The summed E-state index contributed by atoms with van der Waals surface area (Å²) >= 11 is 0. The zero-order chi connectivity index (χ0) is 19.1. The first-order valence-electron chi connectivity index (χ1n) is 9.25. The van der Waals surface area contributed by atoms with Crippen molar-refractivity contribution in [3.63, 3.8) is 0 Å². The SMILES string of the molecule is COc1ccc(OC)c(NCCC(=O)N2CCN(c3ccccc3)CC2)c1. The molecule has 27 heavy (non-hydrogen) atoms. The summed E-state index contributed by atoms with van der Waals surface area (Å²) in [5.74, 6) is 1.67. The zero-order valence-electron chi connectivity index (χ0n) is 16.0. The van der Waals surface area contributed by atoms with Crippen LogP contribution < -0.4 is 19.7 Å². The molecule has 1 heterocycles. The lowest BCUT2D eigenvalue weighted by atomic mass is 10.2. The van der Waals surface area contributed by atoms with Crippen molar-refractivity contribution in [3.8, 4) is 11.5 Å². The number of piperazine rings is 1. The highest BCUT2D eigenvalue weighted by Gasteiger charge is 2.20. The average molecular weight is 369 g/mol. The Morgan fingerprint density at radius 3 is 2.41 bits per heavy atom. The van der Waals surface area contributed by atoms with Gasteiger partial charge in [0.25, 0.3) is 0 Å². The number of para-hydroxylation sites is 1. The van der Waals surface area contributed by atoms with Gasteiger partial charge in [-0.15, -0.1) is 0 Å². The maximum absolute atomic E-state index is 12.5. The minimum Gasteiger partial charge on any atom is -0.497 e. The molecular weight excluding hydrogens is 342 g/mol. The first-order valence-corrected chi connectivity index (χ1v) is 9.25.